The largest absolute Gasteiger partial charge is 0.508 e. The Morgan fingerprint density at radius 3 is 1.85 bits per heavy atom. The number of rotatable bonds is 0. The molecular weight excluding hydrogens is 244 g/mol. The van der Waals surface area contributed by atoms with Crippen molar-refractivity contribution in [1.82, 2.24) is 0 Å². The van der Waals surface area contributed by atoms with Crippen molar-refractivity contribution in [1.29, 1.82) is 0 Å². The number of phenolic OH excluding ortho intramolecular Hbond substituents is 1. The maximum absolute atomic E-state index is 9.83. The highest BCUT2D eigenvalue weighted by atomic mass is 16.3. The molecule has 0 bridgehead atoms. The third-order valence-corrected chi connectivity index (χ3v) is 3.98. The van der Waals surface area contributed by atoms with Gasteiger partial charge in [-0.3, -0.25) is 0 Å². The van der Waals surface area contributed by atoms with Crippen LogP contribution in [0, 0.1) is 6.92 Å². The van der Waals surface area contributed by atoms with E-state index in [-0.39, 0.29) is 0 Å². The number of phenols is 1. The maximum Gasteiger partial charge on any atom is 0.116 e. The number of benzene rings is 4. The molecular formula is C19H14O. The predicted molar refractivity (Wildman–Crippen MR) is 85.4 cm³/mol. The van der Waals surface area contributed by atoms with Crippen molar-refractivity contribution >= 4 is 32.3 Å². The van der Waals surface area contributed by atoms with E-state index in [0.29, 0.717) is 5.75 Å². The normalized spacial score (nSPS) is 11.4. The Morgan fingerprint density at radius 1 is 0.600 bits per heavy atom. The van der Waals surface area contributed by atoms with Gasteiger partial charge in [-0.15, -0.1) is 0 Å². The number of hydrogen-bond donors (Lipinski definition) is 1. The SMILES string of the molecule is Cc1ccc2c3ccccc3c3ccc(O)cc3c2c1. The van der Waals surface area contributed by atoms with Gasteiger partial charge in [-0.05, 0) is 51.4 Å². The molecule has 4 aromatic carbocycles. The Kier molecular flexibility index (Phi) is 2.25. The third kappa shape index (κ3) is 1.50. The van der Waals surface area contributed by atoms with E-state index in [1.807, 2.05) is 12.1 Å². The van der Waals surface area contributed by atoms with E-state index in [2.05, 4.69) is 49.4 Å². The quantitative estimate of drug-likeness (QED) is 0.432. The van der Waals surface area contributed by atoms with Crippen LogP contribution in [0.2, 0.25) is 0 Å². The standard InChI is InChI=1S/C19H14O/c1-12-6-8-16-14-4-2-3-5-15(14)17-9-7-13(20)11-19(17)18(16)10-12/h2-11,20H,1H3. The maximum atomic E-state index is 9.83. The van der Waals surface area contributed by atoms with Gasteiger partial charge in [0.25, 0.3) is 0 Å². The second kappa shape index (κ2) is 3.97. The minimum atomic E-state index is 0.315. The minimum Gasteiger partial charge on any atom is -0.508 e. The topological polar surface area (TPSA) is 20.2 Å². The number of aromatic hydroxyl groups is 1. The Bertz CT molecular complexity index is 887. The van der Waals surface area contributed by atoms with Crippen molar-refractivity contribution in [2.24, 2.45) is 0 Å². The fraction of sp³-hybridized carbons (Fsp3) is 0.0526. The van der Waals surface area contributed by atoms with Gasteiger partial charge >= 0.3 is 0 Å². The van der Waals surface area contributed by atoms with E-state index in [1.54, 1.807) is 6.07 Å². The Labute approximate surface area is 117 Å². The van der Waals surface area contributed by atoms with Crippen molar-refractivity contribution < 1.29 is 5.11 Å². The van der Waals surface area contributed by atoms with Crippen LogP contribution in [0.4, 0.5) is 0 Å². The van der Waals surface area contributed by atoms with Crippen LogP contribution >= 0.6 is 0 Å². The summed E-state index contributed by atoms with van der Waals surface area (Å²) < 4.78 is 0. The summed E-state index contributed by atoms with van der Waals surface area (Å²) in [6.45, 7) is 2.10. The van der Waals surface area contributed by atoms with Gasteiger partial charge in [0.15, 0.2) is 0 Å². The summed E-state index contributed by atoms with van der Waals surface area (Å²) in [6.07, 6.45) is 0. The lowest BCUT2D eigenvalue weighted by atomic mass is 9.93. The number of fused-ring (bicyclic) bond motifs is 6. The van der Waals surface area contributed by atoms with Gasteiger partial charge in [-0.25, -0.2) is 0 Å². The molecule has 96 valence electrons. The highest BCUT2D eigenvalue weighted by Gasteiger charge is 2.08. The zero-order valence-corrected chi connectivity index (χ0v) is 11.2. The van der Waals surface area contributed by atoms with Gasteiger partial charge in [-0.1, -0.05) is 54.1 Å². The van der Waals surface area contributed by atoms with Crippen LogP contribution in [0.3, 0.4) is 0 Å². The van der Waals surface area contributed by atoms with E-state index in [0.717, 1.165) is 5.39 Å². The molecule has 0 heterocycles. The van der Waals surface area contributed by atoms with E-state index in [1.165, 1.54) is 32.5 Å². The first-order valence-corrected chi connectivity index (χ1v) is 6.78. The van der Waals surface area contributed by atoms with E-state index < -0.39 is 0 Å². The molecule has 0 atom stereocenters. The molecule has 0 spiro atoms. The summed E-state index contributed by atoms with van der Waals surface area (Å²) in [4.78, 5) is 0. The van der Waals surface area contributed by atoms with Crippen LogP contribution < -0.4 is 0 Å². The van der Waals surface area contributed by atoms with Crippen LogP contribution in [-0.4, -0.2) is 5.11 Å². The molecule has 0 aliphatic rings. The average Bonchev–Trinajstić information content (AvgIpc) is 2.47. The molecule has 0 aromatic heterocycles. The van der Waals surface area contributed by atoms with E-state index in [9.17, 15) is 5.11 Å². The molecule has 0 fully saturated rings. The number of aryl methyl sites for hydroxylation is 1. The lowest BCUT2D eigenvalue weighted by Gasteiger charge is -2.11. The highest BCUT2D eigenvalue weighted by molar-refractivity contribution is 6.25. The lowest BCUT2D eigenvalue weighted by molar-refractivity contribution is 0.476. The fourth-order valence-corrected chi connectivity index (χ4v) is 3.06. The molecule has 0 amide bonds. The molecule has 1 nitrogen and oxygen atoms in total. The fourth-order valence-electron chi connectivity index (χ4n) is 3.06. The van der Waals surface area contributed by atoms with Crippen LogP contribution in [0.5, 0.6) is 5.75 Å². The van der Waals surface area contributed by atoms with Gasteiger partial charge in [0, 0.05) is 0 Å². The summed E-state index contributed by atoms with van der Waals surface area (Å²) in [7, 11) is 0. The van der Waals surface area contributed by atoms with Crippen molar-refractivity contribution in [2.75, 3.05) is 0 Å². The molecule has 0 unspecified atom stereocenters. The second-order valence-electron chi connectivity index (χ2n) is 5.32. The number of hydrogen-bond acceptors (Lipinski definition) is 1. The van der Waals surface area contributed by atoms with Crippen LogP contribution in [-0.2, 0) is 0 Å². The van der Waals surface area contributed by atoms with Crippen molar-refractivity contribution in [3.8, 4) is 5.75 Å². The molecule has 20 heavy (non-hydrogen) atoms. The summed E-state index contributed by atoms with van der Waals surface area (Å²) in [6, 6.07) is 20.6. The van der Waals surface area contributed by atoms with Crippen molar-refractivity contribution in [3.05, 3.63) is 66.2 Å². The zero-order chi connectivity index (χ0) is 13.7. The summed E-state index contributed by atoms with van der Waals surface area (Å²) >= 11 is 0. The Morgan fingerprint density at radius 2 is 1.15 bits per heavy atom. The first-order valence-electron chi connectivity index (χ1n) is 6.78. The molecule has 0 radical (unpaired) electrons. The summed E-state index contributed by atoms with van der Waals surface area (Å²) in [5.74, 6) is 0.315. The zero-order valence-electron chi connectivity index (χ0n) is 11.2. The van der Waals surface area contributed by atoms with Gasteiger partial charge in [0.2, 0.25) is 0 Å². The first kappa shape index (κ1) is 11.3. The van der Waals surface area contributed by atoms with E-state index >= 15 is 0 Å². The van der Waals surface area contributed by atoms with Crippen molar-refractivity contribution in [2.45, 2.75) is 6.92 Å². The Hall–Kier alpha value is -2.54. The van der Waals surface area contributed by atoms with Gasteiger partial charge in [0.1, 0.15) is 5.75 Å². The third-order valence-electron chi connectivity index (χ3n) is 3.98. The monoisotopic (exact) mass is 258 g/mol. The van der Waals surface area contributed by atoms with Gasteiger partial charge in [0.05, 0.1) is 0 Å². The second-order valence-corrected chi connectivity index (χ2v) is 5.32. The predicted octanol–water partition coefficient (Wildman–Crippen LogP) is 5.16. The molecule has 0 aliphatic carbocycles. The highest BCUT2D eigenvalue weighted by Crippen LogP contribution is 2.36. The Balaban J connectivity index is 2.41. The first-order chi connectivity index (χ1) is 9.74. The minimum absolute atomic E-state index is 0.315. The summed E-state index contributed by atoms with van der Waals surface area (Å²) in [5.41, 5.74) is 1.23. The molecule has 1 heteroatoms. The van der Waals surface area contributed by atoms with Crippen LogP contribution in [0.25, 0.3) is 32.3 Å². The smallest absolute Gasteiger partial charge is 0.116 e. The van der Waals surface area contributed by atoms with Crippen LogP contribution in [0.15, 0.2) is 60.7 Å². The van der Waals surface area contributed by atoms with Crippen molar-refractivity contribution in [3.63, 3.8) is 0 Å². The average molecular weight is 258 g/mol. The molecule has 1 N–H and O–H groups in total. The van der Waals surface area contributed by atoms with Crippen LogP contribution in [0.1, 0.15) is 5.56 Å². The van der Waals surface area contributed by atoms with Gasteiger partial charge < -0.3 is 5.11 Å². The lowest BCUT2D eigenvalue weighted by Crippen LogP contribution is -1.84. The van der Waals surface area contributed by atoms with E-state index in [4.69, 9.17) is 0 Å². The molecule has 4 rings (SSSR count). The molecule has 0 aliphatic heterocycles. The molecule has 4 aromatic rings. The molecule has 0 saturated carbocycles. The molecule has 0 saturated heterocycles. The summed E-state index contributed by atoms with van der Waals surface area (Å²) in [5, 5.41) is 17.1. The van der Waals surface area contributed by atoms with Gasteiger partial charge in [-0.2, -0.15) is 0 Å².